The number of benzene rings is 3. The molecule has 0 aliphatic heterocycles. The molecule has 0 saturated heterocycles. The van der Waals surface area contributed by atoms with Crippen molar-refractivity contribution in [1.29, 1.82) is 5.26 Å². The van der Waals surface area contributed by atoms with Crippen LogP contribution >= 0.6 is 0 Å². The summed E-state index contributed by atoms with van der Waals surface area (Å²) < 4.78 is 1.89. The van der Waals surface area contributed by atoms with Gasteiger partial charge in [0.25, 0.3) is 0 Å². The van der Waals surface area contributed by atoms with E-state index in [-0.39, 0.29) is 5.56 Å². The predicted molar refractivity (Wildman–Crippen MR) is 105 cm³/mol. The Morgan fingerprint density at radius 3 is 2.59 bits per heavy atom. The summed E-state index contributed by atoms with van der Waals surface area (Å²) in [6.45, 7) is 0.569. The average Bonchev–Trinajstić information content (AvgIpc) is 3.13. The number of aromatic nitrogens is 1. The van der Waals surface area contributed by atoms with E-state index in [1.807, 2.05) is 35.0 Å². The van der Waals surface area contributed by atoms with Gasteiger partial charge in [-0.25, -0.2) is 4.79 Å². The molecule has 3 aromatic carbocycles. The third-order valence-electron chi connectivity index (χ3n) is 4.65. The maximum absolute atomic E-state index is 11.7. The van der Waals surface area contributed by atoms with E-state index in [2.05, 4.69) is 30.3 Å². The van der Waals surface area contributed by atoms with Crippen molar-refractivity contribution in [1.82, 2.24) is 4.57 Å². The number of fused-ring (bicyclic) bond motifs is 1. The molecule has 0 bridgehead atoms. The molecule has 0 unspecified atom stereocenters. The zero-order valence-corrected chi connectivity index (χ0v) is 14.5. The van der Waals surface area contributed by atoms with Gasteiger partial charge in [0.05, 0.1) is 17.2 Å². The first-order chi connectivity index (χ1) is 13.2. The van der Waals surface area contributed by atoms with Crippen LogP contribution in [-0.4, -0.2) is 15.6 Å². The summed E-state index contributed by atoms with van der Waals surface area (Å²) in [7, 11) is 0. The molecule has 0 atom stereocenters. The Kier molecular flexibility index (Phi) is 4.19. The van der Waals surface area contributed by atoms with Crippen LogP contribution in [0, 0.1) is 11.3 Å². The van der Waals surface area contributed by atoms with Crippen molar-refractivity contribution in [3.05, 3.63) is 95.8 Å². The van der Waals surface area contributed by atoms with Gasteiger partial charge in [0, 0.05) is 24.5 Å². The van der Waals surface area contributed by atoms with Gasteiger partial charge in [-0.1, -0.05) is 54.6 Å². The number of rotatable bonds is 4. The van der Waals surface area contributed by atoms with Gasteiger partial charge < -0.3 is 9.67 Å². The Balaban J connectivity index is 1.78. The van der Waals surface area contributed by atoms with Gasteiger partial charge in [-0.05, 0) is 34.0 Å². The zero-order valence-electron chi connectivity index (χ0n) is 14.5. The third-order valence-corrected chi connectivity index (χ3v) is 4.65. The number of aromatic carboxylic acids is 1. The fourth-order valence-corrected chi connectivity index (χ4v) is 3.38. The van der Waals surface area contributed by atoms with Crippen LogP contribution in [-0.2, 0) is 6.54 Å². The Morgan fingerprint density at radius 2 is 1.78 bits per heavy atom. The second-order valence-electron chi connectivity index (χ2n) is 6.39. The van der Waals surface area contributed by atoms with E-state index in [1.165, 1.54) is 0 Å². The van der Waals surface area contributed by atoms with Crippen LogP contribution in [0.1, 0.15) is 21.5 Å². The monoisotopic (exact) mass is 352 g/mol. The van der Waals surface area contributed by atoms with E-state index in [1.54, 1.807) is 24.4 Å². The molecular formula is C23H16N2O2. The van der Waals surface area contributed by atoms with Crippen LogP contribution in [0.25, 0.3) is 21.9 Å². The van der Waals surface area contributed by atoms with E-state index >= 15 is 0 Å². The number of nitriles is 1. The van der Waals surface area contributed by atoms with Crippen LogP contribution < -0.4 is 0 Å². The second kappa shape index (κ2) is 6.81. The minimum Gasteiger partial charge on any atom is -0.478 e. The van der Waals surface area contributed by atoms with Gasteiger partial charge in [0.15, 0.2) is 0 Å². The SMILES string of the molecule is N#Cc1cccc(-c2cn(Cc3cccc4ccccc34)cc2C(=O)O)c1. The summed E-state index contributed by atoms with van der Waals surface area (Å²) in [5, 5.41) is 21.0. The molecule has 1 N–H and O–H groups in total. The Hall–Kier alpha value is -3.84. The molecule has 4 nitrogen and oxygen atoms in total. The molecule has 1 aromatic heterocycles. The van der Waals surface area contributed by atoms with Gasteiger partial charge in [0.1, 0.15) is 0 Å². The topological polar surface area (TPSA) is 66.0 Å². The largest absolute Gasteiger partial charge is 0.478 e. The van der Waals surface area contributed by atoms with Crippen LogP contribution in [0.3, 0.4) is 0 Å². The van der Waals surface area contributed by atoms with Crippen LogP contribution in [0.4, 0.5) is 0 Å². The van der Waals surface area contributed by atoms with Crippen molar-refractivity contribution in [3.63, 3.8) is 0 Å². The molecule has 4 rings (SSSR count). The minimum atomic E-state index is -0.982. The highest BCUT2D eigenvalue weighted by molar-refractivity contribution is 5.96. The van der Waals surface area contributed by atoms with Crippen molar-refractivity contribution >= 4 is 16.7 Å². The number of carboxylic acids is 1. The smallest absolute Gasteiger partial charge is 0.337 e. The van der Waals surface area contributed by atoms with Crippen molar-refractivity contribution in [2.45, 2.75) is 6.54 Å². The molecule has 4 aromatic rings. The van der Waals surface area contributed by atoms with Crippen molar-refractivity contribution in [3.8, 4) is 17.2 Å². The standard InChI is InChI=1S/C23H16N2O2/c24-12-16-5-3-8-18(11-16)21-14-25(15-22(21)23(26)27)13-19-9-4-7-17-6-1-2-10-20(17)19/h1-11,14-15H,13H2,(H,26,27). The lowest BCUT2D eigenvalue weighted by Crippen LogP contribution is -1.99. The molecule has 130 valence electrons. The molecule has 1 heterocycles. The Morgan fingerprint density at radius 1 is 1.00 bits per heavy atom. The molecule has 0 spiro atoms. The lowest BCUT2D eigenvalue weighted by molar-refractivity contribution is 0.0697. The maximum atomic E-state index is 11.7. The number of hydrogen-bond acceptors (Lipinski definition) is 2. The Labute approximate surface area is 156 Å². The first kappa shape index (κ1) is 16.6. The summed E-state index contributed by atoms with van der Waals surface area (Å²) in [5.41, 5.74) is 3.19. The Bertz CT molecular complexity index is 1190. The van der Waals surface area contributed by atoms with Crippen LogP contribution in [0.2, 0.25) is 0 Å². The number of nitrogens with zero attached hydrogens (tertiary/aromatic N) is 2. The summed E-state index contributed by atoms with van der Waals surface area (Å²) >= 11 is 0. The number of carbonyl (C=O) groups is 1. The zero-order chi connectivity index (χ0) is 18.8. The summed E-state index contributed by atoms with van der Waals surface area (Å²) in [6, 6.07) is 23.4. The molecule has 4 heteroatoms. The van der Waals surface area contributed by atoms with E-state index in [9.17, 15) is 9.90 Å². The molecule has 0 aliphatic carbocycles. The summed E-state index contributed by atoms with van der Waals surface area (Å²) in [5.74, 6) is -0.982. The van der Waals surface area contributed by atoms with Crippen LogP contribution in [0.15, 0.2) is 79.1 Å². The fraction of sp³-hybridized carbons (Fsp3) is 0.0435. The highest BCUT2D eigenvalue weighted by Crippen LogP contribution is 2.27. The summed E-state index contributed by atoms with van der Waals surface area (Å²) in [4.78, 5) is 11.7. The minimum absolute atomic E-state index is 0.227. The molecule has 0 saturated carbocycles. The molecule has 0 fully saturated rings. The van der Waals surface area contributed by atoms with Gasteiger partial charge in [-0.3, -0.25) is 0 Å². The first-order valence-electron chi connectivity index (χ1n) is 8.56. The van der Waals surface area contributed by atoms with Gasteiger partial charge >= 0.3 is 5.97 Å². The quantitative estimate of drug-likeness (QED) is 0.566. The van der Waals surface area contributed by atoms with E-state index in [4.69, 9.17) is 5.26 Å². The maximum Gasteiger partial charge on any atom is 0.337 e. The van der Waals surface area contributed by atoms with Crippen LogP contribution in [0.5, 0.6) is 0 Å². The van der Waals surface area contributed by atoms with Crippen molar-refractivity contribution in [2.75, 3.05) is 0 Å². The average molecular weight is 352 g/mol. The number of carboxylic acid groups (broad SMARTS) is 1. The number of hydrogen-bond donors (Lipinski definition) is 1. The predicted octanol–water partition coefficient (Wildman–Crippen LogP) is 4.93. The van der Waals surface area contributed by atoms with Crippen molar-refractivity contribution in [2.24, 2.45) is 0 Å². The highest BCUT2D eigenvalue weighted by Gasteiger charge is 2.16. The normalized spacial score (nSPS) is 10.6. The van der Waals surface area contributed by atoms with Crippen molar-refractivity contribution < 1.29 is 9.90 Å². The third kappa shape index (κ3) is 3.19. The lowest BCUT2D eigenvalue weighted by Gasteiger charge is -2.07. The van der Waals surface area contributed by atoms with Gasteiger partial charge in [-0.15, -0.1) is 0 Å². The molecule has 0 radical (unpaired) electrons. The first-order valence-corrected chi connectivity index (χ1v) is 8.56. The summed E-state index contributed by atoms with van der Waals surface area (Å²) in [6.07, 6.45) is 3.49. The van der Waals surface area contributed by atoms with E-state index < -0.39 is 5.97 Å². The van der Waals surface area contributed by atoms with Gasteiger partial charge in [0.2, 0.25) is 0 Å². The van der Waals surface area contributed by atoms with Gasteiger partial charge in [-0.2, -0.15) is 5.26 Å². The molecule has 0 aliphatic rings. The lowest BCUT2D eigenvalue weighted by atomic mass is 10.0. The molecular weight excluding hydrogens is 336 g/mol. The molecule has 27 heavy (non-hydrogen) atoms. The highest BCUT2D eigenvalue weighted by atomic mass is 16.4. The fourth-order valence-electron chi connectivity index (χ4n) is 3.38. The molecule has 0 amide bonds. The van der Waals surface area contributed by atoms with E-state index in [0.29, 0.717) is 17.7 Å². The second-order valence-corrected chi connectivity index (χ2v) is 6.39. The van der Waals surface area contributed by atoms with E-state index in [0.717, 1.165) is 21.9 Å².